The fraction of sp³-hybridized carbons (Fsp3) is 0.133. The number of hydrogen-bond acceptors (Lipinski definition) is 4. The van der Waals surface area contributed by atoms with E-state index in [9.17, 15) is 9.59 Å². The molecular formula is C30H26Br2N2O4. The molecule has 38 heavy (non-hydrogen) atoms. The van der Waals surface area contributed by atoms with Crippen LogP contribution in [0.15, 0.2) is 118 Å². The summed E-state index contributed by atoms with van der Waals surface area (Å²) < 4.78 is 13.3. The van der Waals surface area contributed by atoms with Gasteiger partial charge in [-0.05, 0) is 72.8 Å². The van der Waals surface area contributed by atoms with Crippen LogP contribution in [-0.4, -0.2) is 38.1 Å². The molecule has 0 N–H and O–H groups in total. The fourth-order valence-corrected chi connectivity index (χ4v) is 4.25. The third-order valence-corrected chi connectivity index (χ3v) is 6.69. The van der Waals surface area contributed by atoms with Crippen LogP contribution < -0.4 is 19.3 Å². The minimum atomic E-state index is -0.217. The summed E-state index contributed by atoms with van der Waals surface area (Å²) in [5.41, 5.74) is 1.45. The summed E-state index contributed by atoms with van der Waals surface area (Å²) in [6, 6.07) is 33.3. The normalized spacial score (nSPS) is 10.5. The minimum Gasteiger partial charge on any atom is -0.484 e. The van der Waals surface area contributed by atoms with Crippen molar-refractivity contribution >= 4 is 55.0 Å². The van der Waals surface area contributed by atoms with Gasteiger partial charge in [0.2, 0.25) is 0 Å². The SMILES string of the molecule is O=C(COc1ccc(Br)cc1)N(CCN(C(=O)COc1ccc(Br)cc1)c1ccccc1)c1ccccc1. The van der Waals surface area contributed by atoms with Crippen LogP contribution in [0.4, 0.5) is 11.4 Å². The molecule has 0 fully saturated rings. The van der Waals surface area contributed by atoms with Crippen LogP contribution in [0.2, 0.25) is 0 Å². The lowest BCUT2D eigenvalue weighted by Crippen LogP contribution is -2.44. The summed E-state index contributed by atoms with van der Waals surface area (Å²) >= 11 is 6.80. The average Bonchev–Trinajstić information content (AvgIpc) is 2.95. The first-order chi connectivity index (χ1) is 18.5. The Kier molecular flexibility index (Phi) is 9.95. The fourth-order valence-electron chi connectivity index (χ4n) is 3.72. The van der Waals surface area contributed by atoms with Gasteiger partial charge in [-0.15, -0.1) is 0 Å². The molecule has 0 saturated carbocycles. The summed E-state index contributed by atoms with van der Waals surface area (Å²) in [6.07, 6.45) is 0. The Morgan fingerprint density at radius 3 is 1.21 bits per heavy atom. The first kappa shape index (κ1) is 27.4. The van der Waals surface area contributed by atoms with Gasteiger partial charge in [0.05, 0.1) is 0 Å². The van der Waals surface area contributed by atoms with Gasteiger partial charge < -0.3 is 19.3 Å². The van der Waals surface area contributed by atoms with Crippen LogP contribution in [0.5, 0.6) is 11.5 Å². The zero-order valence-electron chi connectivity index (χ0n) is 20.5. The quantitative estimate of drug-likeness (QED) is 0.183. The molecular weight excluding hydrogens is 612 g/mol. The van der Waals surface area contributed by atoms with E-state index in [0.717, 1.165) is 20.3 Å². The predicted octanol–water partition coefficient (Wildman–Crippen LogP) is 6.74. The van der Waals surface area contributed by atoms with Gasteiger partial charge in [0.1, 0.15) is 11.5 Å². The lowest BCUT2D eigenvalue weighted by molar-refractivity contribution is -0.122. The number of hydrogen-bond donors (Lipinski definition) is 0. The van der Waals surface area contributed by atoms with Crippen LogP contribution in [-0.2, 0) is 9.59 Å². The second-order valence-corrected chi connectivity index (χ2v) is 10.1. The summed E-state index contributed by atoms with van der Waals surface area (Å²) in [4.78, 5) is 29.9. The number of halogens is 2. The smallest absolute Gasteiger partial charge is 0.264 e. The van der Waals surface area contributed by atoms with Crippen molar-refractivity contribution < 1.29 is 19.1 Å². The van der Waals surface area contributed by atoms with Crippen LogP contribution in [0, 0.1) is 0 Å². The first-order valence-electron chi connectivity index (χ1n) is 12.0. The Hall–Kier alpha value is -3.62. The van der Waals surface area contributed by atoms with Crippen LogP contribution in [0.3, 0.4) is 0 Å². The Morgan fingerprint density at radius 2 is 0.868 bits per heavy atom. The van der Waals surface area contributed by atoms with Gasteiger partial charge in [-0.3, -0.25) is 9.59 Å². The van der Waals surface area contributed by atoms with Crippen molar-refractivity contribution in [2.45, 2.75) is 0 Å². The number of para-hydroxylation sites is 2. The molecule has 6 nitrogen and oxygen atoms in total. The van der Waals surface area contributed by atoms with Gasteiger partial charge in [-0.2, -0.15) is 0 Å². The molecule has 0 aliphatic heterocycles. The summed E-state index contributed by atoms with van der Waals surface area (Å²) in [6.45, 7) is 0.266. The van der Waals surface area contributed by atoms with Crippen molar-refractivity contribution in [3.8, 4) is 11.5 Å². The third kappa shape index (κ3) is 7.94. The number of ether oxygens (including phenoxy) is 2. The molecule has 2 amide bonds. The van der Waals surface area contributed by atoms with Gasteiger partial charge in [0.25, 0.3) is 11.8 Å². The van der Waals surface area contributed by atoms with E-state index in [1.807, 2.05) is 84.9 Å². The van der Waals surface area contributed by atoms with Crippen molar-refractivity contribution in [3.05, 3.63) is 118 Å². The molecule has 0 aliphatic rings. The van der Waals surface area contributed by atoms with Gasteiger partial charge in [0.15, 0.2) is 13.2 Å². The maximum absolute atomic E-state index is 13.3. The Morgan fingerprint density at radius 1 is 0.526 bits per heavy atom. The van der Waals surface area contributed by atoms with Crippen molar-refractivity contribution in [2.24, 2.45) is 0 Å². The molecule has 0 heterocycles. The number of nitrogens with zero attached hydrogens (tertiary/aromatic N) is 2. The highest BCUT2D eigenvalue weighted by Gasteiger charge is 2.22. The molecule has 4 rings (SSSR count). The summed E-state index contributed by atoms with van der Waals surface area (Å²) in [5.74, 6) is 0.762. The van der Waals surface area contributed by atoms with E-state index in [2.05, 4.69) is 31.9 Å². The highest BCUT2D eigenvalue weighted by Crippen LogP contribution is 2.20. The number of anilines is 2. The molecule has 4 aromatic rings. The Balaban J connectivity index is 1.47. The van der Waals surface area contributed by atoms with Crippen LogP contribution >= 0.6 is 31.9 Å². The van der Waals surface area contributed by atoms with Gasteiger partial charge >= 0.3 is 0 Å². The van der Waals surface area contributed by atoms with Crippen LogP contribution in [0.25, 0.3) is 0 Å². The highest BCUT2D eigenvalue weighted by atomic mass is 79.9. The van der Waals surface area contributed by atoms with Crippen molar-refractivity contribution in [1.29, 1.82) is 0 Å². The molecule has 0 spiro atoms. The minimum absolute atomic E-state index is 0.136. The molecule has 0 radical (unpaired) electrons. The predicted molar refractivity (Wildman–Crippen MR) is 157 cm³/mol. The summed E-state index contributed by atoms with van der Waals surface area (Å²) in [5, 5.41) is 0. The Labute approximate surface area is 239 Å². The maximum atomic E-state index is 13.3. The maximum Gasteiger partial charge on any atom is 0.264 e. The molecule has 194 valence electrons. The van der Waals surface area contributed by atoms with Crippen LogP contribution in [0.1, 0.15) is 0 Å². The van der Waals surface area contributed by atoms with E-state index in [0.29, 0.717) is 11.5 Å². The molecule has 0 aliphatic carbocycles. The molecule has 0 saturated heterocycles. The molecule has 8 heteroatoms. The topological polar surface area (TPSA) is 59.1 Å². The number of amides is 2. The van der Waals surface area contributed by atoms with E-state index in [1.54, 1.807) is 34.1 Å². The molecule has 4 aromatic carbocycles. The lowest BCUT2D eigenvalue weighted by atomic mass is 10.2. The molecule has 0 bridgehead atoms. The monoisotopic (exact) mass is 636 g/mol. The van der Waals surface area contributed by atoms with Gasteiger partial charge in [-0.25, -0.2) is 0 Å². The zero-order chi connectivity index (χ0) is 26.7. The average molecular weight is 638 g/mol. The number of carbonyl (C=O) groups excluding carboxylic acids is 2. The Bertz CT molecular complexity index is 1210. The van der Waals surface area contributed by atoms with Crippen molar-refractivity contribution in [2.75, 3.05) is 36.1 Å². The van der Waals surface area contributed by atoms with E-state index in [1.165, 1.54) is 0 Å². The number of benzene rings is 4. The van der Waals surface area contributed by atoms with E-state index in [4.69, 9.17) is 9.47 Å². The standard InChI is InChI=1S/C30H26Br2N2O4/c31-23-11-15-27(16-12-23)37-21-29(35)33(25-7-3-1-4-8-25)19-20-34(26-9-5-2-6-10-26)30(36)22-38-28-17-13-24(32)14-18-28/h1-18H,19-22H2. The molecule has 0 atom stereocenters. The van der Waals surface area contributed by atoms with E-state index < -0.39 is 0 Å². The van der Waals surface area contributed by atoms with E-state index in [-0.39, 0.29) is 38.1 Å². The zero-order valence-corrected chi connectivity index (χ0v) is 23.7. The second-order valence-electron chi connectivity index (χ2n) is 8.25. The lowest BCUT2D eigenvalue weighted by Gasteiger charge is -2.28. The van der Waals surface area contributed by atoms with E-state index >= 15 is 0 Å². The largest absolute Gasteiger partial charge is 0.484 e. The summed E-state index contributed by atoms with van der Waals surface area (Å²) in [7, 11) is 0. The number of rotatable bonds is 11. The van der Waals surface area contributed by atoms with Gasteiger partial charge in [0, 0.05) is 33.4 Å². The van der Waals surface area contributed by atoms with Gasteiger partial charge in [-0.1, -0.05) is 68.3 Å². The molecule has 0 unspecified atom stereocenters. The number of carbonyl (C=O) groups is 2. The van der Waals surface area contributed by atoms with Crippen molar-refractivity contribution in [1.82, 2.24) is 0 Å². The second kappa shape index (κ2) is 13.8. The highest BCUT2D eigenvalue weighted by molar-refractivity contribution is 9.10. The van der Waals surface area contributed by atoms with Crippen molar-refractivity contribution in [3.63, 3.8) is 0 Å². The first-order valence-corrected chi connectivity index (χ1v) is 13.6. The molecule has 0 aromatic heterocycles. The third-order valence-electron chi connectivity index (χ3n) is 5.64.